The van der Waals surface area contributed by atoms with Gasteiger partial charge in [0.2, 0.25) is 0 Å². The van der Waals surface area contributed by atoms with Gasteiger partial charge in [-0.3, -0.25) is 4.79 Å². The van der Waals surface area contributed by atoms with E-state index in [1.165, 1.54) is 6.08 Å². The number of carbonyl (C=O) groups excluding carboxylic acids is 1. The molecule has 0 atom stereocenters. The largest absolute Gasteiger partial charge is 0.495 e. The molecule has 3 N–H and O–H groups in total. The van der Waals surface area contributed by atoms with Gasteiger partial charge in [-0.25, -0.2) is 4.98 Å². The Morgan fingerprint density at radius 3 is 2.40 bits per heavy atom. The summed E-state index contributed by atoms with van der Waals surface area (Å²) in [6.07, 6.45) is 4.80. The molecule has 2 aromatic carbocycles. The highest BCUT2D eigenvalue weighted by atomic mass is 16.5. The van der Waals surface area contributed by atoms with Gasteiger partial charge in [-0.1, -0.05) is 12.1 Å². The Hall–Kier alpha value is -4.00. The van der Waals surface area contributed by atoms with Gasteiger partial charge >= 0.3 is 0 Å². The zero-order valence-corrected chi connectivity index (χ0v) is 17.0. The van der Waals surface area contributed by atoms with E-state index >= 15 is 0 Å². The maximum Gasteiger partial charge on any atom is 0.189 e. The fourth-order valence-corrected chi connectivity index (χ4v) is 2.87. The number of nitrogens with one attached hydrogen (secondary N) is 1. The number of aromatic nitrogens is 1. The monoisotopic (exact) mass is 405 g/mol. The van der Waals surface area contributed by atoms with Crippen LogP contribution in [0, 0.1) is 0 Å². The summed E-state index contributed by atoms with van der Waals surface area (Å²) in [4.78, 5) is 17.1. The van der Waals surface area contributed by atoms with E-state index in [1.807, 2.05) is 12.1 Å². The molecule has 0 aliphatic rings. The van der Waals surface area contributed by atoms with Crippen molar-refractivity contribution in [2.24, 2.45) is 0 Å². The Kier molecular flexibility index (Phi) is 6.54. The first kappa shape index (κ1) is 20.7. The topological polar surface area (TPSA) is 95.7 Å². The summed E-state index contributed by atoms with van der Waals surface area (Å²) in [7, 11) is 4.69. The first-order valence-electron chi connectivity index (χ1n) is 9.15. The predicted octanol–water partition coefficient (Wildman–Crippen LogP) is 4.33. The SMILES string of the molecule is COc1ccc(C=CC(=O)c2cccnc2Nc2ccc(OC)c(OC)c2)cc1N. The molecule has 0 amide bonds. The number of rotatable bonds is 8. The molecule has 3 rings (SSSR count). The molecule has 0 saturated carbocycles. The van der Waals surface area contributed by atoms with Crippen LogP contribution >= 0.6 is 0 Å². The molecule has 0 radical (unpaired) electrons. The Morgan fingerprint density at radius 1 is 0.967 bits per heavy atom. The zero-order chi connectivity index (χ0) is 21.5. The lowest BCUT2D eigenvalue weighted by molar-refractivity contribution is 0.104. The highest BCUT2D eigenvalue weighted by molar-refractivity contribution is 6.10. The Bertz CT molecular complexity index is 1080. The van der Waals surface area contributed by atoms with Crippen molar-refractivity contribution in [3.05, 3.63) is 71.9 Å². The molecule has 7 nitrogen and oxygen atoms in total. The van der Waals surface area contributed by atoms with Gasteiger partial charge in [0, 0.05) is 18.0 Å². The van der Waals surface area contributed by atoms with Crippen LogP contribution in [0.4, 0.5) is 17.2 Å². The molecule has 0 bridgehead atoms. The molecule has 0 aliphatic heterocycles. The second-order valence-electron chi connectivity index (χ2n) is 6.29. The number of hydrogen-bond acceptors (Lipinski definition) is 7. The van der Waals surface area contributed by atoms with Gasteiger partial charge in [-0.2, -0.15) is 0 Å². The van der Waals surface area contributed by atoms with E-state index < -0.39 is 0 Å². The van der Waals surface area contributed by atoms with Gasteiger partial charge in [-0.15, -0.1) is 0 Å². The molecule has 154 valence electrons. The van der Waals surface area contributed by atoms with Crippen LogP contribution in [-0.2, 0) is 0 Å². The minimum Gasteiger partial charge on any atom is -0.495 e. The van der Waals surface area contributed by atoms with Crippen LogP contribution in [0.3, 0.4) is 0 Å². The summed E-state index contributed by atoms with van der Waals surface area (Å²) in [6, 6.07) is 14.1. The van der Waals surface area contributed by atoms with Crippen LogP contribution in [0.15, 0.2) is 60.8 Å². The van der Waals surface area contributed by atoms with Gasteiger partial charge < -0.3 is 25.3 Å². The number of nitrogens with two attached hydrogens (primary N) is 1. The van der Waals surface area contributed by atoms with Crippen LogP contribution in [0.25, 0.3) is 6.08 Å². The standard InChI is InChI=1S/C23H23N3O4/c1-28-20-10-7-15(13-18(20)24)6-9-19(27)17-5-4-12-25-23(17)26-16-8-11-21(29-2)22(14-16)30-3/h4-14H,24H2,1-3H3,(H,25,26). The van der Waals surface area contributed by atoms with E-state index in [1.54, 1.807) is 70.0 Å². The van der Waals surface area contributed by atoms with Gasteiger partial charge in [0.05, 0.1) is 32.6 Å². The summed E-state index contributed by atoms with van der Waals surface area (Å²) in [5.74, 6) is 2.02. The van der Waals surface area contributed by atoms with Crippen molar-refractivity contribution in [1.82, 2.24) is 4.98 Å². The molecular weight excluding hydrogens is 382 g/mol. The second-order valence-corrected chi connectivity index (χ2v) is 6.29. The maximum absolute atomic E-state index is 12.8. The summed E-state index contributed by atoms with van der Waals surface area (Å²) >= 11 is 0. The number of ether oxygens (including phenoxy) is 3. The lowest BCUT2D eigenvalue weighted by Crippen LogP contribution is -2.04. The summed E-state index contributed by atoms with van der Waals surface area (Å²) in [5, 5.41) is 3.16. The molecule has 0 aliphatic carbocycles. The molecular formula is C23H23N3O4. The number of hydrogen-bond donors (Lipinski definition) is 2. The van der Waals surface area contributed by atoms with E-state index in [9.17, 15) is 4.79 Å². The zero-order valence-electron chi connectivity index (χ0n) is 17.0. The normalized spacial score (nSPS) is 10.6. The third-order valence-corrected chi connectivity index (χ3v) is 4.40. The third kappa shape index (κ3) is 4.70. The molecule has 0 unspecified atom stereocenters. The molecule has 0 spiro atoms. The Labute approximate surface area is 175 Å². The van der Waals surface area contributed by atoms with Crippen molar-refractivity contribution >= 4 is 29.1 Å². The average molecular weight is 405 g/mol. The number of anilines is 3. The van der Waals surface area contributed by atoms with Gasteiger partial charge in [-0.05, 0) is 48.0 Å². The number of benzene rings is 2. The first-order chi connectivity index (χ1) is 14.5. The number of methoxy groups -OCH3 is 3. The van der Waals surface area contributed by atoms with Crippen molar-refractivity contribution in [1.29, 1.82) is 0 Å². The van der Waals surface area contributed by atoms with E-state index in [2.05, 4.69) is 10.3 Å². The minimum atomic E-state index is -0.194. The van der Waals surface area contributed by atoms with Crippen LogP contribution in [0.1, 0.15) is 15.9 Å². The van der Waals surface area contributed by atoms with Gasteiger partial charge in [0.1, 0.15) is 11.6 Å². The molecule has 0 saturated heterocycles. The fourth-order valence-electron chi connectivity index (χ4n) is 2.87. The average Bonchev–Trinajstić information content (AvgIpc) is 2.77. The smallest absolute Gasteiger partial charge is 0.189 e. The Morgan fingerprint density at radius 2 is 1.70 bits per heavy atom. The highest BCUT2D eigenvalue weighted by Crippen LogP contribution is 2.31. The van der Waals surface area contributed by atoms with E-state index in [0.29, 0.717) is 40.0 Å². The molecule has 1 heterocycles. The summed E-state index contributed by atoms with van der Waals surface area (Å²) in [6.45, 7) is 0. The quantitative estimate of drug-likeness (QED) is 0.327. The molecule has 0 fully saturated rings. The van der Waals surface area contributed by atoms with E-state index in [4.69, 9.17) is 19.9 Å². The van der Waals surface area contributed by atoms with Crippen molar-refractivity contribution in [3.63, 3.8) is 0 Å². The number of nitrogens with zero attached hydrogens (tertiary/aromatic N) is 1. The van der Waals surface area contributed by atoms with Crippen molar-refractivity contribution < 1.29 is 19.0 Å². The van der Waals surface area contributed by atoms with Gasteiger partial charge in [0.15, 0.2) is 17.3 Å². The molecule has 1 aromatic heterocycles. The van der Waals surface area contributed by atoms with E-state index in [-0.39, 0.29) is 5.78 Å². The predicted molar refractivity (Wildman–Crippen MR) is 118 cm³/mol. The Balaban J connectivity index is 1.82. The van der Waals surface area contributed by atoms with E-state index in [0.717, 1.165) is 5.56 Å². The molecule has 3 aromatic rings. The van der Waals surface area contributed by atoms with Crippen LogP contribution in [-0.4, -0.2) is 32.1 Å². The fraction of sp³-hybridized carbons (Fsp3) is 0.130. The lowest BCUT2D eigenvalue weighted by Gasteiger charge is -2.12. The highest BCUT2D eigenvalue weighted by Gasteiger charge is 2.12. The number of ketones is 1. The number of pyridine rings is 1. The van der Waals surface area contributed by atoms with Crippen molar-refractivity contribution in [2.75, 3.05) is 32.4 Å². The maximum atomic E-state index is 12.8. The van der Waals surface area contributed by atoms with Crippen molar-refractivity contribution in [3.8, 4) is 17.2 Å². The van der Waals surface area contributed by atoms with Gasteiger partial charge in [0.25, 0.3) is 0 Å². The number of nitrogen functional groups attached to an aromatic ring is 1. The summed E-state index contributed by atoms with van der Waals surface area (Å²) < 4.78 is 15.7. The van der Waals surface area contributed by atoms with Crippen LogP contribution < -0.4 is 25.3 Å². The minimum absolute atomic E-state index is 0.194. The number of allylic oxidation sites excluding steroid dienone is 1. The molecule has 7 heteroatoms. The molecule has 30 heavy (non-hydrogen) atoms. The first-order valence-corrected chi connectivity index (χ1v) is 9.15. The van der Waals surface area contributed by atoms with Crippen LogP contribution in [0.5, 0.6) is 17.2 Å². The third-order valence-electron chi connectivity index (χ3n) is 4.40. The number of carbonyl (C=O) groups is 1. The second kappa shape index (κ2) is 9.47. The summed E-state index contributed by atoms with van der Waals surface area (Å²) in [5.41, 5.74) is 8.37. The van der Waals surface area contributed by atoms with Crippen LogP contribution in [0.2, 0.25) is 0 Å². The van der Waals surface area contributed by atoms with Crippen molar-refractivity contribution in [2.45, 2.75) is 0 Å². The lowest BCUT2D eigenvalue weighted by atomic mass is 10.1.